The Morgan fingerprint density at radius 2 is 2.21 bits per heavy atom. The van der Waals surface area contributed by atoms with Crippen LogP contribution in [0, 0.1) is 18.2 Å². The molecule has 0 unspecified atom stereocenters. The SMILES string of the molecule is C#CCOC(=O)c1ccc(-c2ccc(Br)cc2F)o1. The molecule has 0 saturated carbocycles. The zero-order valence-electron chi connectivity index (χ0n) is 9.65. The third kappa shape index (κ3) is 3.04. The summed E-state index contributed by atoms with van der Waals surface area (Å²) in [5.74, 6) is 1.27. The summed E-state index contributed by atoms with van der Waals surface area (Å²) in [6.07, 6.45) is 4.97. The average Bonchev–Trinajstić information content (AvgIpc) is 2.85. The normalized spacial score (nSPS) is 9.95. The predicted octanol–water partition coefficient (Wildman–Crippen LogP) is 3.64. The van der Waals surface area contributed by atoms with Crippen molar-refractivity contribution in [2.45, 2.75) is 0 Å². The van der Waals surface area contributed by atoms with Crippen LogP contribution in [-0.2, 0) is 4.74 Å². The van der Waals surface area contributed by atoms with Crippen molar-refractivity contribution in [2.75, 3.05) is 6.61 Å². The van der Waals surface area contributed by atoms with E-state index in [0.717, 1.165) is 0 Å². The molecule has 5 heteroatoms. The predicted molar refractivity (Wildman–Crippen MR) is 70.9 cm³/mol. The van der Waals surface area contributed by atoms with Gasteiger partial charge in [0.1, 0.15) is 11.6 Å². The fraction of sp³-hybridized carbons (Fsp3) is 0.0714. The molecule has 0 bridgehead atoms. The van der Waals surface area contributed by atoms with Gasteiger partial charge in [-0.1, -0.05) is 21.9 Å². The maximum Gasteiger partial charge on any atom is 0.375 e. The van der Waals surface area contributed by atoms with Gasteiger partial charge in [0.25, 0.3) is 0 Å². The summed E-state index contributed by atoms with van der Waals surface area (Å²) in [5.41, 5.74) is 0.263. The highest BCUT2D eigenvalue weighted by Gasteiger charge is 2.15. The third-order valence-corrected chi connectivity index (χ3v) is 2.78. The summed E-state index contributed by atoms with van der Waals surface area (Å²) in [7, 11) is 0. The number of carbonyl (C=O) groups is 1. The standard InChI is InChI=1S/C14H8BrFO3/c1-2-7-18-14(17)13-6-5-12(19-13)10-4-3-9(15)8-11(10)16/h1,3-6,8H,7H2. The van der Waals surface area contributed by atoms with E-state index in [0.29, 0.717) is 4.47 Å². The van der Waals surface area contributed by atoms with E-state index in [9.17, 15) is 9.18 Å². The molecule has 0 radical (unpaired) electrons. The lowest BCUT2D eigenvalue weighted by molar-refractivity contribution is 0.0521. The first kappa shape index (κ1) is 13.4. The van der Waals surface area contributed by atoms with Crippen LogP contribution in [-0.4, -0.2) is 12.6 Å². The summed E-state index contributed by atoms with van der Waals surface area (Å²) in [6.45, 7) is -0.137. The molecule has 0 aliphatic rings. The van der Waals surface area contributed by atoms with Gasteiger partial charge in [0.05, 0.1) is 5.56 Å². The van der Waals surface area contributed by atoms with Crippen LogP contribution in [0.4, 0.5) is 4.39 Å². The Hall–Kier alpha value is -2.06. The highest BCUT2D eigenvalue weighted by molar-refractivity contribution is 9.10. The van der Waals surface area contributed by atoms with E-state index in [1.54, 1.807) is 12.1 Å². The van der Waals surface area contributed by atoms with Gasteiger partial charge in [-0.3, -0.25) is 0 Å². The van der Waals surface area contributed by atoms with Crippen LogP contribution in [0.5, 0.6) is 0 Å². The second-order valence-corrected chi connectivity index (χ2v) is 4.48. The van der Waals surface area contributed by atoms with Crippen LogP contribution in [0.25, 0.3) is 11.3 Å². The minimum atomic E-state index is -0.679. The minimum Gasteiger partial charge on any atom is -0.449 e. The summed E-state index contributed by atoms with van der Waals surface area (Å²) >= 11 is 3.16. The van der Waals surface area contributed by atoms with E-state index in [2.05, 4.69) is 21.9 Å². The fourth-order valence-electron chi connectivity index (χ4n) is 1.46. The van der Waals surface area contributed by atoms with Crippen molar-refractivity contribution in [2.24, 2.45) is 0 Å². The van der Waals surface area contributed by atoms with E-state index >= 15 is 0 Å². The topological polar surface area (TPSA) is 39.4 Å². The molecule has 0 N–H and O–H groups in total. The molecule has 2 rings (SSSR count). The smallest absolute Gasteiger partial charge is 0.375 e. The number of halogens is 2. The monoisotopic (exact) mass is 322 g/mol. The first-order valence-corrected chi connectivity index (χ1v) is 6.07. The molecule has 0 aliphatic heterocycles. The number of terminal acetylenes is 1. The molecular weight excluding hydrogens is 315 g/mol. The number of hydrogen-bond acceptors (Lipinski definition) is 3. The number of ether oxygens (including phenoxy) is 1. The van der Waals surface area contributed by atoms with Crippen molar-refractivity contribution in [3.63, 3.8) is 0 Å². The molecule has 0 fully saturated rings. The molecule has 3 nitrogen and oxygen atoms in total. The highest BCUT2D eigenvalue weighted by atomic mass is 79.9. The number of rotatable bonds is 3. The molecule has 2 aromatic rings. The van der Waals surface area contributed by atoms with Gasteiger partial charge in [-0.25, -0.2) is 9.18 Å². The van der Waals surface area contributed by atoms with Gasteiger partial charge in [-0.2, -0.15) is 0 Å². The lowest BCUT2D eigenvalue weighted by Crippen LogP contribution is -2.03. The first-order chi connectivity index (χ1) is 9.11. The molecule has 96 valence electrons. The highest BCUT2D eigenvalue weighted by Crippen LogP contribution is 2.27. The zero-order valence-corrected chi connectivity index (χ0v) is 11.2. The summed E-state index contributed by atoms with van der Waals surface area (Å²) in [5, 5.41) is 0. The fourth-order valence-corrected chi connectivity index (χ4v) is 1.79. The maximum absolute atomic E-state index is 13.7. The molecule has 1 aromatic heterocycles. The van der Waals surface area contributed by atoms with Crippen LogP contribution in [0.3, 0.4) is 0 Å². The molecule has 1 heterocycles. The molecule has 0 amide bonds. The average molecular weight is 323 g/mol. The number of benzene rings is 1. The van der Waals surface area contributed by atoms with E-state index in [1.807, 2.05) is 0 Å². The van der Waals surface area contributed by atoms with Crippen molar-refractivity contribution in [3.8, 4) is 23.7 Å². The summed E-state index contributed by atoms with van der Waals surface area (Å²) < 4.78 is 24.3. The van der Waals surface area contributed by atoms with Crippen molar-refractivity contribution in [1.82, 2.24) is 0 Å². The largest absolute Gasteiger partial charge is 0.449 e. The lowest BCUT2D eigenvalue weighted by Gasteiger charge is -2.00. The molecule has 1 aromatic carbocycles. The first-order valence-electron chi connectivity index (χ1n) is 5.27. The summed E-state index contributed by atoms with van der Waals surface area (Å²) in [4.78, 5) is 11.5. The molecule has 0 saturated heterocycles. The van der Waals surface area contributed by atoms with Crippen molar-refractivity contribution < 1.29 is 18.3 Å². The van der Waals surface area contributed by atoms with Gasteiger partial charge >= 0.3 is 5.97 Å². The van der Waals surface area contributed by atoms with Crippen LogP contribution in [0.15, 0.2) is 39.2 Å². The Morgan fingerprint density at radius 1 is 1.42 bits per heavy atom. The van der Waals surface area contributed by atoms with Crippen molar-refractivity contribution in [1.29, 1.82) is 0 Å². The van der Waals surface area contributed by atoms with Crippen LogP contribution < -0.4 is 0 Å². The Kier molecular flexibility index (Phi) is 4.03. The molecule has 0 aliphatic carbocycles. The van der Waals surface area contributed by atoms with Gasteiger partial charge in [0.15, 0.2) is 6.61 Å². The van der Waals surface area contributed by atoms with Crippen LogP contribution in [0.2, 0.25) is 0 Å². The Bertz CT molecular complexity index is 655. The number of hydrogen-bond donors (Lipinski definition) is 0. The van der Waals surface area contributed by atoms with Gasteiger partial charge in [-0.05, 0) is 30.3 Å². The van der Waals surface area contributed by atoms with Gasteiger partial charge in [-0.15, -0.1) is 6.42 Å². The second-order valence-electron chi connectivity index (χ2n) is 3.57. The van der Waals surface area contributed by atoms with Crippen LogP contribution in [0.1, 0.15) is 10.6 Å². The van der Waals surface area contributed by atoms with Crippen molar-refractivity contribution >= 4 is 21.9 Å². The van der Waals surface area contributed by atoms with E-state index in [-0.39, 0.29) is 23.7 Å². The van der Waals surface area contributed by atoms with Gasteiger partial charge in [0.2, 0.25) is 5.76 Å². The Labute approximate surface area is 117 Å². The second kappa shape index (κ2) is 5.72. The number of carbonyl (C=O) groups excluding carboxylic acids is 1. The number of furan rings is 1. The van der Waals surface area contributed by atoms with Crippen molar-refractivity contribution in [3.05, 3.63) is 46.4 Å². The number of esters is 1. The third-order valence-electron chi connectivity index (χ3n) is 2.29. The Morgan fingerprint density at radius 3 is 2.89 bits per heavy atom. The molecule has 19 heavy (non-hydrogen) atoms. The molecule has 0 atom stereocenters. The molecule has 0 spiro atoms. The summed E-state index contributed by atoms with van der Waals surface area (Å²) in [6, 6.07) is 7.45. The Balaban J connectivity index is 2.26. The van der Waals surface area contributed by atoms with Gasteiger partial charge < -0.3 is 9.15 Å². The van der Waals surface area contributed by atoms with E-state index in [4.69, 9.17) is 15.6 Å². The minimum absolute atomic E-state index is 0.0208. The molecular formula is C14H8BrFO3. The zero-order chi connectivity index (χ0) is 13.8. The van der Waals surface area contributed by atoms with E-state index < -0.39 is 11.8 Å². The lowest BCUT2D eigenvalue weighted by atomic mass is 10.1. The van der Waals surface area contributed by atoms with Gasteiger partial charge in [0, 0.05) is 4.47 Å². The van der Waals surface area contributed by atoms with Crippen LogP contribution >= 0.6 is 15.9 Å². The van der Waals surface area contributed by atoms with E-state index in [1.165, 1.54) is 18.2 Å². The quantitative estimate of drug-likeness (QED) is 0.639. The maximum atomic E-state index is 13.7.